The maximum atomic E-state index is 4.55. The van der Waals surface area contributed by atoms with E-state index in [1.54, 1.807) is 0 Å². The van der Waals surface area contributed by atoms with Gasteiger partial charge in [0, 0.05) is 52.9 Å². The van der Waals surface area contributed by atoms with Crippen LogP contribution in [0.1, 0.15) is 26.7 Å². The molecule has 3 rings (SSSR count). The van der Waals surface area contributed by atoms with Gasteiger partial charge in [0.15, 0.2) is 5.96 Å². The summed E-state index contributed by atoms with van der Waals surface area (Å²) in [5.74, 6) is 2.58. The Balaban J connectivity index is 1.43. The average molecular weight is 378 g/mol. The molecular weight excluding hydrogens is 342 g/mol. The first-order chi connectivity index (χ1) is 12.7. The lowest BCUT2D eigenvalue weighted by Crippen LogP contribution is -2.53. The Morgan fingerprint density at radius 3 is 2.73 bits per heavy atom. The van der Waals surface area contributed by atoms with E-state index in [0.717, 1.165) is 50.5 Å². The first kappa shape index (κ1) is 19.5. The van der Waals surface area contributed by atoms with Crippen molar-refractivity contribution >= 4 is 22.3 Å². The van der Waals surface area contributed by atoms with E-state index in [0.29, 0.717) is 0 Å². The van der Waals surface area contributed by atoms with Gasteiger partial charge in [-0.1, -0.05) is 13.8 Å². The van der Waals surface area contributed by atoms with Crippen molar-refractivity contribution in [2.75, 3.05) is 64.3 Å². The molecule has 0 spiro atoms. The number of aliphatic imine (C=N–C) groups is 1. The average Bonchev–Trinajstić information content (AvgIpc) is 3.17. The number of piperazine rings is 1. The Labute approximate surface area is 163 Å². The standard InChI is InChI=1S/C20H35N5S/c1-17(2)15-23-8-4-6-18(16-23)14-22-20(21-3)25-11-9-24(10-12-25)19-7-5-13-26-19/h5,7,13,17-18H,4,6,8-12,14-16H2,1-3H3,(H,21,22). The highest BCUT2D eigenvalue weighted by molar-refractivity contribution is 7.14. The van der Waals surface area contributed by atoms with Crippen molar-refractivity contribution in [3.8, 4) is 0 Å². The van der Waals surface area contributed by atoms with Crippen LogP contribution < -0.4 is 10.2 Å². The van der Waals surface area contributed by atoms with Gasteiger partial charge in [-0.15, -0.1) is 11.3 Å². The van der Waals surface area contributed by atoms with Crippen LogP contribution in [0.5, 0.6) is 0 Å². The van der Waals surface area contributed by atoms with Crippen molar-refractivity contribution in [3.05, 3.63) is 17.5 Å². The number of nitrogens with one attached hydrogen (secondary N) is 1. The summed E-state index contributed by atoms with van der Waals surface area (Å²) >= 11 is 1.83. The molecule has 146 valence electrons. The number of nitrogens with zero attached hydrogens (tertiary/aromatic N) is 4. The number of anilines is 1. The van der Waals surface area contributed by atoms with Crippen molar-refractivity contribution in [1.82, 2.24) is 15.1 Å². The van der Waals surface area contributed by atoms with E-state index in [1.165, 1.54) is 37.5 Å². The fourth-order valence-corrected chi connectivity index (χ4v) is 4.94. The van der Waals surface area contributed by atoms with Crippen LogP contribution in [0.15, 0.2) is 22.5 Å². The van der Waals surface area contributed by atoms with Gasteiger partial charge >= 0.3 is 0 Å². The van der Waals surface area contributed by atoms with Crippen LogP contribution in [-0.2, 0) is 0 Å². The number of likely N-dealkylation sites (tertiary alicyclic amines) is 1. The van der Waals surface area contributed by atoms with E-state index in [1.807, 2.05) is 18.4 Å². The molecule has 1 aromatic rings. The molecule has 0 saturated carbocycles. The lowest BCUT2D eigenvalue weighted by molar-refractivity contribution is 0.159. The molecule has 1 unspecified atom stereocenters. The molecule has 5 nitrogen and oxygen atoms in total. The van der Waals surface area contributed by atoms with Crippen molar-refractivity contribution < 1.29 is 0 Å². The lowest BCUT2D eigenvalue weighted by atomic mass is 9.97. The molecule has 1 atom stereocenters. The van der Waals surface area contributed by atoms with Crippen LogP contribution in [0.2, 0.25) is 0 Å². The summed E-state index contributed by atoms with van der Waals surface area (Å²) < 4.78 is 0. The van der Waals surface area contributed by atoms with Gasteiger partial charge in [0.25, 0.3) is 0 Å². The van der Waals surface area contributed by atoms with E-state index in [-0.39, 0.29) is 0 Å². The predicted octanol–water partition coefficient (Wildman–Crippen LogP) is 2.81. The van der Waals surface area contributed by atoms with Gasteiger partial charge in [0.2, 0.25) is 0 Å². The summed E-state index contributed by atoms with van der Waals surface area (Å²) in [6, 6.07) is 4.36. The first-order valence-corrected chi connectivity index (χ1v) is 11.0. The fourth-order valence-electron chi connectivity index (χ4n) is 4.16. The summed E-state index contributed by atoms with van der Waals surface area (Å²) in [5, 5.41) is 7.22. The Morgan fingerprint density at radius 2 is 2.08 bits per heavy atom. The Morgan fingerprint density at radius 1 is 1.27 bits per heavy atom. The highest BCUT2D eigenvalue weighted by atomic mass is 32.1. The van der Waals surface area contributed by atoms with Gasteiger partial charge in [-0.25, -0.2) is 0 Å². The molecule has 2 aliphatic heterocycles. The van der Waals surface area contributed by atoms with Gasteiger partial charge in [-0.3, -0.25) is 4.99 Å². The van der Waals surface area contributed by atoms with Gasteiger partial charge < -0.3 is 20.0 Å². The Bertz CT molecular complexity index is 549. The molecule has 3 heterocycles. The molecule has 2 fully saturated rings. The third-order valence-electron chi connectivity index (χ3n) is 5.38. The van der Waals surface area contributed by atoms with Crippen LogP contribution in [-0.4, -0.2) is 75.2 Å². The zero-order valence-electron chi connectivity index (χ0n) is 16.7. The molecule has 0 radical (unpaired) electrons. The summed E-state index contributed by atoms with van der Waals surface area (Å²) in [6.45, 7) is 13.7. The second kappa shape index (κ2) is 9.60. The van der Waals surface area contributed by atoms with Crippen LogP contribution in [0.25, 0.3) is 0 Å². The molecule has 1 N–H and O–H groups in total. The third kappa shape index (κ3) is 5.36. The van der Waals surface area contributed by atoms with E-state index in [4.69, 9.17) is 0 Å². The number of piperidine rings is 1. The monoisotopic (exact) mass is 377 g/mol. The smallest absolute Gasteiger partial charge is 0.193 e. The molecule has 2 aliphatic rings. The summed E-state index contributed by atoms with van der Waals surface area (Å²) in [5.41, 5.74) is 0. The summed E-state index contributed by atoms with van der Waals surface area (Å²) in [7, 11) is 1.92. The molecule has 2 saturated heterocycles. The highest BCUT2D eigenvalue weighted by Gasteiger charge is 2.23. The normalized spacial score (nSPS) is 22.9. The van der Waals surface area contributed by atoms with Crippen molar-refractivity contribution in [2.45, 2.75) is 26.7 Å². The van der Waals surface area contributed by atoms with Gasteiger partial charge in [0.1, 0.15) is 0 Å². The fraction of sp³-hybridized carbons (Fsp3) is 0.750. The van der Waals surface area contributed by atoms with E-state index >= 15 is 0 Å². The molecule has 0 aliphatic carbocycles. The van der Waals surface area contributed by atoms with Crippen LogP contribution in [0.3, 0.4) is 0 Å². The zero-order valence-corrected chi connectivity index (χ0v) is 17.5. The number of rotatable bonds is 5. The van der Waals surface area contributed by atoms with E-state index in [9.17, 15) is 0 Å². The quantitative estimate of drug-likeness (QED) is 0.632. The predicted molar refractivity (Wildman–Crippen MR) is 113 cm³/mol. The maximum Gasteiger partial charge on any atom is 0.193 e. The topological polar surface area (TPSA) is 34.1 Å². The second-order valence-electron chi connectivity index (χ2n) is 8.02. The molecule has 26 heavy (non-hydrogen) atoms. The third-order valence-corrected chi connectivity index (χ3v) is 6.31. The molecule has 0 aromatic carbocycles. The minimum absolute atomic E-state index is 0.742. The SMILES string of the molecule is CN=C(NCC1CCCN(CC(C)C)C1)N1CCN(c2cccs2)CC1. The molecule has 1 aromatic heterocycles. The van der Waals surface area contributed by atoms with Crippen molar-refractivity contribution in [1.29, 1.82) is 0 Å². The van der Waals surface area contributed by atoms with E-state index < -0.39 is 0 Å². The van der Waals surface area contributed by atoms with Crippen LogP contribution in [0.4, 0.5) is 5.00 Å². The second-order valence-corrected chi connectivity index (χ2v) is 8.94. The number of hydrogen-bond donors (Lipinski definition) is 1. The van der Waals surface area contributed by atoms with E-state index in [2.05, 4.69) is 56.4 Å². The maximum absolute atomic E-state index is 4.55. The molecule has 0 amide bonds. The lowest BCUT2D eigenvalue weighted by Gasteiger charge is -2.38. The van der Waals surface area contributed by atoms with Crippen LogP contribution in [0, 0.1) is 11.8 Å². The largest absolute Gasteiger partial charge is 0.360 e. The summed E-state index contributed by atoms with van der Waals surface area (Å²) in [6.07, 6.45) is 2.67. The molecule has 6 heteroatoms. The molecule has 0 bridgehead atoms. The Hall–Kier alpha value is -1.27. The Kier molecular flexibility index (Phi) is 7.20. The van der Waals surface area contributed by atoms with Gasteiger partial charge in [0.05, 0.1) is 5.00 Å². The van der Waals surface area contributed by atoms with Gasteiger partial charge in [-0.05, 0) is 48.7 Å². The van der Waals surface area contributed by atoms with Crippen molar-refractivity contribution in [2.24, 2.45) is 16.8 Å². The molecular formula is C20H35N5S. The van der Waals surface area contributed by atoms with Crippen LogP contribution >= 0.6 is 11.3 Å². The number of thiophene rings is 1. The van der Waals surface area contributed by atoms with Crippen molar-refractivity contribution in [3.63, 3.8) is 0 Å². The van der Waals surface area contributed by atoms with Gasteiger partial charge in [-0.2, -0.15) is 0 Å². The number of guanidine groups is 1. The minimum Gasteiger partial charge on any atom is -0.360 e. The zero-order chi connectivity index (χ0) is 18.4. The first-order valence-electron chi connectivity index (χ1n) is 10.1. The number of hydrogen-bond acceptors (Lipinski definition) is 4. The summed E-state index contributed by atoms with van der Waals surface area (Å²) in [4.78, 5) is 12.1. The highest BCUT2D eigenvalue weighted by Crippen LogP contribution is 2.22. The minimum atomic E-state index is 0.742.